The van der Waals surface area contributed by atoms with E-state index in [4.69, 9.17) is 0 Å². The Bertz CT molecular complexity index is 268. The van der Waals surface area contributed by atoms with Gasteiger partial charge in [0.15, 0.2) is 0 Å². The monoisotopic (exact) mass is 227 g/mol. The summed E-state index contributed by atoms with van der Waals surface area (Å²) in [7, 11) is 1.67. The van der Waals surface area contributed by atoms with E-state index in [1.807, 2.05) is 0 Å². The first kappa shape index (κ1) is 13.0. The van der Waals surface area contributed by atoms with E-state index in [1.165, 1.54) is 4.90 Å². The van der Waals surface area contributed by atoms with Gasteiger partial charge < -0.3 is 15.1 Å². The number of amides is 2. The molecule has 1 aliphatic heterocycles. The Morgan fingerprint density at radius 1 is 1.31 bits per heavy atom. The molecule has 2 amide bonds. The maximum atomic E-state index is 11.6. The average molecular weight is 227 g/mol. The van der Waals surface area contributed by atoms with Crippen LogP contribution < -0.4 is 5.32 Å². The fourth-order valence-electron chi connectivity index (χ4n) is 1.79. The minimum atomic E-state index is -0.387. The van der Waals surface area contributed by atoms with Crippen LogP contribution in [0.25, 0.3) is 0 Å². The maximum Gasteiger partial charge on any atom is 0.312 e. The predicted octanol–water partition coefficient (Wildman–Crippen LogP) is -0.325. The highest BCUT2D eigenvalue weighted by molar-refractivity contribution is 6.35. The molecule has 1 heterocycles. The van der Waals surface area contributed by atoms with Gasteiger partial charge in [0.1, 0.15) is 0 Å². The number of carbonyl (C=O) groups is 2. The van der Waals surface area contributed by atoms with Crippen molar-refractivity contribution in [1.29, 1.82) is 0 Å². The van der Waals surface area contributed by atoms with Crippen molar-refractivity contribution in [1.82, 2.24) is 15.1 Å². The van der Waals surface area contributed by atoms with Crippen molar-refractivity contribution in [2.45, 2.75) is 26.3 Å². The molecule has 0 saturated carbocycles. The molecule has 92 valence electrons. The van der Waals surface area contributed by atoms with Crippen LogP contribution in [0.2, 0.25) is 0 Å². The topological polar surface area (TPSA) is 52.6 Å². The molecular weight excluding hydrogens is 206 g/mol. The van der Waals surface area contributed by atoms with E-state index in [-0.39, 0.29) is 11.8 Å². The summed E-state index contributed by atoms with van der Waals surface area (Å²) in [6, 6.07) is 0.382. The molecule has 0 spiro atoms. The molecule has 5 nitrogen and oxygen atoms in total. The Kier molecular flexibility index (Phi) is 4.73. The van der Waals surface area contributed by atoms with E-state index >= 15 is 0 Å². The molecule has 0 aromatic carbocycles. The Balaban J connectivity index is 2.38. The summed E-state index contributed by atoms with van der Waals surface area (Å²) in [5.41, 5.74) is 0. The number of rotatable bonds is 5. The van der Waals surface area contributed by atoms with Crippen LogP contribution in [0.4, 0.5) is 0 Å². The van der Waals surface area contributed by atoms with E-state index < -0.39 is 0 Å². The molecule has 1 fully saturated rings. The van der Waals surface area contributed by atoms with Gasteiger partial charge in [0.05, 0.1) is 0 Å². The summed E-state index contributed by atoms with van der Waals surface area (Å²) in [5, 5.41) is 3.29. The highest BCUT2D eigenvalue weighted by Gasteiger charge is 2.29. The Labute approximate surface area is 96.8 Å². The fourth-order valence-corrected chi connectivity index (χ4v) is 1.79. The molecule has 1 atom stereocenters. The lowest BCUT2D eigenvalue weighted by Gasteiger charge is -2.32. The highest BCUT2D eigenvalue weighted by atomic mass is 16.2. The summed E-state index contributed by atoms with van der Waals surface area (Å²) in [5.74, 6) is -0.750. The lowest BCUT2D eigenvalue weighted by Crippen LogP contribution is -2.53. The van der Waals surface area contributed by atoms with Crippen molar-refractivity contribution < 1.29 is 9.59 Å². The van der Waals surface area contributed by atoms with E-state index in [0.717, 1.165) is 13.0 Å². The lowest BCUT2D eigenvalue weighted by atomic mass is 10.2. The maximum absolute atomic E-state index is 11.6. The summed E-state index contributed by atoms with van der Waals surface area (Å²) < 4.78 is 0. The molecule has 1 unspecified atom stereocenters. The minimum absolute atomic E-state index is 0.363. The Morgan fingerprint density at radius 3 is 2.62 bits per heavy atom. The first-order valence-corrected chi connectivity index (χ1v) is 5.84. The number of nitrogens with one attached hydrogen (secondary N) is 1. The van der Waals surface area contributed by atoms with Gasteiger partial charge in [-0.2, -0.15) is 0 Å². The molecule has 0 bridgehead atoms. The number of hydrogen-bond acceptors (Lipinski definition) is 3. The normalized spacial score (nSPS) is 19.2. The van der Waals surface area contributed by atoms with Crippen molar-refractivity contribution >= 4 is 11.8 Å². The quantitative estimate of drug-likeness (QED) is 0.655. The molecule has 0 aliphatic carbocycles. The highest BCUT2D eigenvalue weighted by Crippen LogP contribution is 2.04. The van der Waals surface area contributed by atoms with Gasteiger partial charge in [-0.3, -0.25) is 9.59 Å². The molecule has 5 heteroatoms. The van der Waals surface area contributed by atoms with Gasteiger partial charge in [-0.1, -0.05) is 6.92 Å². The summed E-state index contributed by atoms with van der Waals surface area (Å²) >= 11 is 0. The standard InChI is InChI=1S/C11H21N3O2/c1-4-12-9(2)5-6-14-8-7-13(3)10(15)11(14)16/h9,12H,4-8H2,1-3H3. The third-order valence-electron chi connectivity index (χ3n) is 2.91. The molecule has 0 aromatic heterocycles. The molecule has 1 N–H and O–H groups in total. The number of likely N-dealkylation sites (N-methyl/N-ethyl adjacent to an activating group) is 1. The molecule has 0 aromatic rings. The van der Waals surface area contributed by atoms with Gasteiger partial charge in [0.25, 0.3) is 0 Å². The zero-order chi connectivity index (χ0) is 12.1. The van der Waals surface area contributed by atoms with Gasteiger partial charge in [0.2, 0.25) is 0 Å². The molecule has 16 heavy (non-hydrogen) atoms. The predicted molar refractivity (Wildman–Crippen MR) is 62.0 cm³/mol. The van der Waals surface area contributed by atoms with Crippen LogP contribution in [0.5, 0.6) is 0 Å². The van der Waals surface area contributed by atoms with Crippen LogP contribution in [0.3, 0.4) is 0 Å². The molecule has 1 rings (SSSR count). The van der Waals surface area contributed by atoms with Crippen molar-refractivity contribution in [3.63, 3.8) is 0 Å². The second-order valence-electron chi connectivity index (χ2n) is 4.27. The first-order chi connectivity index (χ1) is 7.56. The third kappa shape index (κ3) is 3.20. The van der Waals surface area contributed by atoms with Crippen LogP contribution >= 0.6 is 0 Å². The number of hydrogen-bond donors (Lipinski definition) is 1. The van der Waals surface area contributed by atoms with E-state index in [2.05, 4.69) is 19.2 Å². The van der Waals surface area contributed by atoms with Gasteiger partial charge in [-0.25, -0.2) is 0 Å². The van der Waals surface area contributed by atoms with Gasteiger partial charge in [-0.05, 0) is 19.9 Å². The van der Waals surface area contributed by atoms with Crippen molar-refractivity contribution in [2.24, 2.45) is 0 Å². The summed E-state index contributed by atoms with van der Waals surface area (Å²) in [4.78, 5) is 26.2. The first-order valence-electron chi connectivity index (χ1n) is 5.84. The fraction of sp³-hybridized carbons (Fsp3) is 0.818. The zero-order valence-corrected chi connectivity index (χ0v) is 10.3. The molecule has 1 aliphatic rings. The van der Waals surface area contributed by atoms with Crippen LogP contribution in [-0.2, 0) is 9.59 Å². The summed E-state index contributed by atoms with van der Waals surface area (Å²) in [6.45, 7) is 7.02. The Morgan fingerprint density at radius 2 is 2.00 bits per heavy atom. The molecule has 0 radical (unpaired) electrons. The minimum Gasteiger partial charge on any atom is -0.336 e. The number of carbonyl (C=O) groups excluding carboxylic acids is 2. The van der Waals surface area contributed by atoms with Crippen LogP contribution in [0, 0.1) is 0 Å². The largest absolute Gasteiger partial charge is 0.336 e. The summed E-state index contributed by atoms with van der Waals surface area (Å²) in [6.07, 6.45) is 0.885. The van der Waals surface area contributed by atoms with Crippen LogP contribution in [0.1, 0.15) is 20.3 Å². The SMILES string of the molecule is CCNC(C)CCN1CCN(C)C(=O)C1=O. The van der Waals surface area contributed by atoms with Crippen molar-refractivity contribution in [3.8, 4) is 0 Å². The van der Waals surface area contributed by atoms with E-state index in [1.54, 1.807) is 11.9 Å². The van der Waals surface area contributed by atoms with E-state index in [9.17, 15) is 9.59 Å². The van der Waals surface area contributed by atoms with Gasteiger partial charge in [0, 0.05) is 32.7 Å². The number of nitrogens with zero attached hydrogens (tertiary/aromatic N) is 2. The van der Waals surface area contributed by atoms with Gasteiger partial charge >= 0.3 is 11.8 Å². The van der Waals surface area contributed by atoms with Gasteiger partial charge in [-0.15, -0.1) is 0 Å². The van der Waals surface area contributed by atoms with Crippen LogP contribution in [-0.4, -0.2) is 60.9 Å². The smallest absolute Gasteiger partial charge is 0.312 e. The Hall–Kier alpha value is -1.10. The second kappa shape index (κ2) is 5.84. The zero-order valence-electron chi connectivity index (χ0n) is 10.3. The number of piperazine rings is 1. The lowest BCUT2D eigenvalue weighted by molar-refractivity contribution is -0.155. The molecule has 1 saturated heterocycles. The van der Waals surface area contributed by atoms with Crippen LogP contribution in [0.15, 0.2) is 0 Å². The third-order valence-corrected chi connectivity index (χ3v) is 2.91. The van der Waals surface area contributed by atoms with E-state index in [0.29, 0.717) is 25.7 Å². The molecular formula is C11H21N3O2. The average Bonchev–Trinajstić information content (AvgIpc) is 2.25. The second-order valence-corrected chi connectivity index (χ2v) is 4.27. The van der Waals surface area contributed by atoms with Crippen molar-refractivity contribution in [2.75, 3.05) is 33.2 Å². The van der Waals surface area contributed by atoms with Crippen molar-refractivity contribution in [3.05, 3.63) is 0 Å².